The number of benzene rings is 1. The average Bonchev–Trinajstić information content (AvgIpc) is 3.10. The Morgan fingerprint density at radius 1 is 1.25 bits per heavy atom. The topological polar surface area (TPSA) is 48.1 Å². The zero-order chi connectivity index (χ0) is 13.9. The number of hydrogen-bond acceptors (Lipinski definition) is 2. The highest BCUT2D eigenvalue weighted by molar-refractivity contribution is 9.10. The van der Waals surface area contributed by atoms with Crippen molar-refractivity contribution in [1.29, 1.82) is 0 Å². The minimum absolute atomic E-state index is 0.123. The van der Waals surface area contributed by atoms with Crippen LogP contribution < -0.4 is 10.2 Å². The van der Waals surface area contributed by atoms with E-state index in [2.05, 4.69) is 37.2 Å². The predicted octanol–water partition coefficient (Wildman–Crippen LogP) is 3.63. The summed E-state index contributed by atoms with van der Waals surface area (Å²) < 4.78 is 0.871. The lowest BCUT2D eigenvalue weighted by Crippen LogP contribution is -2.21. The second kappa shape index (κ2) is 5.71. The second-order valence-corrected chi connectivity index (χ2v) is 5.81. The number of hydrogen-bond donors (Lipinski definition) is 2. The maximum Gasteiger partial charge on any atom is 0.272 e. The van der Waals surface area contributed by atoms with Crippen LogP contribution in [0.25, 0.3) is 0 Å². The van der Waals surface area contributed by atoms with Crippen LogP contribution in [0, 0.1) is 0 Å². The quantitative estimate of drug-likeness (QED) is 0.900. The third kappa shape index (κ3) is 2.72. The molecule has 2 heterocycles. The van der Waals surface area contributed by atoms with Crippen LogP contribution in [0.3, 0.4) is 0 Å². The molecule has 1 aliphatic heterocycles. The molecule has 1 aliphatic rings. The fraction of sp³-hybridized carbons (Fsp3) is 0.267. The molecule has 2 N–H and O–H groups in total. The molecule has 0 aliphatic carbocycles. The molecule has 5 heteroatoms. The van der Waals surface area contributed by atoms with E-state index in [1.807, 2.05) is 18.2 Å². The molecule has 0 radical (unpaired) electrons. The highest BCUT2D eigenvalue weighted by Gasteiger charge is 2.17. The number of amides is 1. The molecule has 0 unspecified atom stereocenters. The minimum Gasteiger partial charge on any atom is -0.370 e. The first-order valence-corrected chi connectivity index (χ1v) is 7.52. The van der Waals surface area contributed by atoms with Gasteiger partial charge in [0.1, 0.15) is 5.69 Å². The van der Waals surface area contributed by atoms with Crippen LogP contribution in [-0.2, 0) is 0 Å². The smallest absolute Gasteiger partial charge is 0.272 e. The predicted molar refractivity (Wildman–Crippen MR) is 84.3 cm³/mol. The molecular formula is C15H16BrN3O. The van der Waals surface area contributed by atoms with Crippen molar-refractivity contribution < 1.29 is 4.79 Å². The number of anilines is 2. The normalized spacial score (nSPS) is 14.6. The number of aromatic amines is 1. The number of aromatic nitrogens is 1. The number of rotatable bonds is 3. The summed E-state index contributed by atoms with van der Waals surface area (Å²) in [5, 5.41) is 2.98. The summed E-state index contributed by atoms with van der Waals surface area (Å²) in [6.07, 6.45) is 4.18. The number of H-pyrrole nitrogens is 1. The van der Waals surface area contributed by atoms with Gasteiger partial charge in [-0.15, -0.1) is 0 Å². The van der Waals surface area contributed by atoms with Crippen molar-refractivity contribution in [2.45, 2.75) is 12.8 Å². The number of para-hydroxylation sites is 2. The molecule has 1 aromatic carbocycles. The van der Waals surface area contributed by atoms with Gasteiger partial charge in [0.15, 0.2) is 0 Å². The fourth-order valence-corrected chi connectivity index (χ4v) is 2.85. The number of nitrogens with zero attached hydrogens (tertiary/aromatic N) is 1. The van der Waals surface area contributed by atoms with E-state index >= 15 is 0 Å². The summed E-state index contributed by atoms with van der Waals surface area (Å²) in [6.45, 7) is 2.11. The van der Waals surface area contributed by atoms with Crippen molar-refractivity contribution in [3.8, 4) is 0 Å². The highest BCUT2D eigenvalue weighted by Crippen LogP contribution is 2.29. The largest absolute Gasteiger partial charge is 0.370 e. The van der Waals surface area contributed by atoms with Crippen molar-refractivity contribution in [2.24, 2.45) is 0 Å². The third-order valence-corrected chi connectivity index (χ3v) is 3.95. The Balaban J connectivity index is 1.81. The number of carbonyl (C=O) groups excluding carboxylic acids is 1. The SMILES string of the molecule is O=C(Nc1ccccc1N1CCCC1)c1cc(Br)c[nH]1. The van der Waals surface area contributed by atoms with Gasteiger partial charge in [-0.05, 0) is 47.0 Å². The van der Waals surface area contributed by atoms with Gasteiger partial charge in [-0.25, -0.2) is 0 Å². The molecule has 3 rings (SSSR count). The number of carbonyl (C=O) groups is 1. The van der Waals surface area contributed by atoms with Crippen LogP contribution >= 0.6 is 15.9 Å². The van der Waals surface area contributed by atoms with E-state index in [-0.39, 0.29) is 5.91 Å². The zero-order valence-corrected chi connectivity index (χ0v) is 12.6. The van der Waals surface area contributed by atoms with Crippen molar-refractivity contribution >= 4 is 33.2 Å². The number of nitrogens with one attached hydrogen (secondary N) is 2. The van der Waals surface area contributed by atoms with E-state index in [4.69, 9.17) is 0 Å². The second-order valence-electron chi connectivity index (χ2n) is 4.90. The van der Waals surface area contributed by atoms with E-state index in [0.717, 1.165) is 28.9 Å². The van der Waals surface area contributed by atoms with Gasteiger partial charge >= 0.3 is 0 Å². The Labute approximate surface area is 126 Å². The molecule has 0 bridgehead atoms. The summed E-state index contributed by atoms with van der Waals surface area (Å²) in [5.74, 6) is -0.123. The first-order chi connectivity index (χ1) is 9.74. The fourth-order valence-electron chi connectivity index (χ4n) is 2.50. The van der Waals surface area contributed by atoms with Crippen LogP contribution in [0.1, 0.15) is 23.3 Å². The van der Waals surface area contributed by atoms with E-state index in [1.165, 1.54) is 12.8 Å². The summed E-state index contributed by atoms with van der Waals surface area (Å²) in [6, 6.07) is 9.73. The molecule has 1 saturated heterocycles. The molecule has 2 aromatic rings. The highest BCUT2D eigenvalue weighted by atomic mass is 79.9. The van der Waals surface area contributed by atoms with E-state index in [0.29, 0.717) is 5.69 Å². The van der Waals surface area contributed by atoms with Crippen molar-refractivity contribution in [3.05, 3.63) is 46.7 Å². The van der Waals surface area contributed by atoms with Gasteiger partial charge in [0, 0.05) is 23.8 Å². The molecule has 4 nitrogen and oxygen atoms in total. The summed E-state index contributed by atoms with van der Waals surface area (Å²) in [4.78, 5) is 17.5. The van der Waals surface area contributed by atoms with Crippen molar-refractivity contribution in [3.63, 3.8) is 0 Å². The lowest BCUT2D eigenvalue weighted by Gasteiger charge is -2.21. The van der Waals surface area contributed by atoms with Crippen LogP contribution in [0.4, 0.5) is 11.4 Å². The van der Waals surface area contributed by atoms with Crippen molar-refractivity contribution in [2.75, 3.05) is 23.3 Å². The van der Waals surface area contributed by atoms with Gasteiger partial charge in [-0.3, -0.25) is 4.79 Å². The lowest BCUT2D eigenvalue weighted by atomic mass is 10.2. The standard InChI is InChI=1S/C15H16BrN3O/c16-11-9-13(17-10-11)15(20)18-12-5-1-2-6-14(12)19-7-3-4-8-19/h1-2,5-6,9-10,17H,3-4,7-8H2,(H,18,20). The summed E-state index contributed by atoms with van der Waals surface area (Å²) in [5.41, 5.74) is 2.52. The third-order valence-electron chi connectivity index (χ3n) is 3.49. The molecular weight excluding hydrogens is 318 g/mol. The molecule has 0 saturated carbocycles. The molecule has 104 valence electrons. The number of halogens is 1. The van der Waals surface area contributed by atoms with Gasteiger partial charge < -0.3 is 15.2 Å². The van der Waals surface area contributed by atoms with Crippen LogP contribution in [0.15, 0.2) is 41.0 Å². The monoisotopic (exact) mass is 333 g/mol. The van der Waals surface area contributed by atoms with Gasteiger partial charge in [-0.2, -0.15) is 0 Å². The molecule has 20 heavy (non-hydrogen) atoms. The maximum absolute atomic E-state index is 12.2. The summed E-state index contributed by atoms with van der Waals surface area (Å²) in [7, 11) is 0. The van der Waals surface area contributed by atoms with Gasteiger partial charge in [-0.1, -0.05) is 12.1 Å². The Morgan fingerprint density at radius 3 is 2.70 bits per heavy atom. The molecule has 1 aromatic heterocycles. The summed E-state index contributed by atoms with van der Waals surface area (Å²) >= 11 is 3.33. The lowest BCUT2D eigenvalue weighted by molar-refractivity contribution is 0.102. The molecule has 0 atom stereocenters. The zero-order valence-electron chi connectivity index (χ0n) is 11.0. The van der Waals surface area contributed by atoms with Gasteiger partial charge in [0.05, 0.1) is 11.4 Å². The Hall–Kier alpha value is -1.75. The Kier molecular flexibility index (Phi) is 3.78. The van der Waals surface area contributed by atoms with Crippen LogP contribution in [-0.4, -0.2) is 24.0 Å². The Morgan fingerprint density at radius 2 is 2.00 bits per heavy atom. The molecule has 0 spiro atoms. The molecule has 1 amide bonds. The Bertz CT molecular complexity index is 617. The van der Waals surface area contributed by atoms with E-state index in [9.17, 15) is 4.79 Å². The maximum atomic E-state index is 12.2. The van der Waals surface area contributed by atoms with Gasteiger partial charge in [0.25, 0.3) is 5.91 Å². The van der Waals surface area contributed by atoms with E-state index in [1.54, 1.807) is 12.3 Å². The van der Waals surface area contributed by atoms with E-state index < -0.39 is 0 Å². The average molecular weight is 334 g/mol. The van der Waals surface area contributed by atoms with Crippen LogP contribution in [0.5, 0.6) is 0 Å². The first-order valence-electron chi connectivity index (χ1n) is 6.73. The van der Waals surface area contributed by atoms with Gasteiger partial charge in [0.2, 0.25) is 0 Å². The molecule has 1 fully saturated rings. The van der Waals surface area contributed by atoms with Crippen molar-refractivity contribution in [1.82, 2.24) is 4.98 Å². The first kappa shape index (κ1) is 13.2. The minimum atomic E-state index is -0.123. The van der Waals surface area contributed by atoms with Crippen LogP contribution in [0.2, 0.25) is 0 Å².